The number of nitrogens with one attached hydrogen (secondary N) is 1. The zero-order valence-electron chi connectivity index (χ0n) is 12.0. The molecule has 1 amide bonds. The highest BCUT2D eigenvalue weighted by Crippen LogP contribution is 2.23. The normalized spacial score (nSPS) is 25.3. The Morgan fingerprint density at radius 3 is 2.16 bits per heavy atom. The first-order chi connectivity index (χ1) is 8.58. The summed E-state index contributed by atoms with van der Waals surface area (Å²) in [6.45, 7) is 9.49. The van der Waals surface area contributed by atoms with Crippen LogP contribution in [0.25, 0.3) is 0 Å². The average Bonchev–Trinajstić information content (AvgIpc) is 2.25. The van der Waals surface area contributed by atoms with Crippen LogP contribution in [-0.2, 0) is 9.59 Å². The summed E-state index contributed by atoms with van der Waals surface area (Å²) >= 11 is 5.19. The van der Waals surface area contributed by atoms with Gasteiger partial charge in [0, 0.05) is 18.6 Å². The first-order valence-electron chi connectivity index (χ1n) is 6.28. The van der Waals surface area contributed by atoms with E-state index < -0.39 is 23.1 Å². The fourth-order valence-corrected chi connectivity index (χ4v) is 2.53. The molecule has 0 spiro atoms. The zero-order chi connectivity index (χ0) is 15.0. The van der Waals surface area contributed by atoms with Gasteiger partial charge in [0.1, 0.15) is 0 Å². The van der Waals surface area contributed by atoms with Gasteiger partial charge in [-0.1, -0.05) is 0 Å². The van der Waals surface area contributed by atoms with Crippen molar-refractivity contribution in [2.24, 2.45) is 0 Å². The van der Waals surface area contributed by atoms with Crippen molar-refractivity contribution in [2.45, 2.75) is 46.0 Å². The lowest BCUT2D eigenvalue weighted by Gasteiger charge is -2.48. The van der Waals surface area contributed by atoms with E-state index in [2.05, 4.69) is 5.32 Å². The van der Waals surface area contributed by atoms with Crippen LogP contribution >= 0.6 is 12.2 Å². The topological polar surface area (TPSA) is 72.9 Å². The Bertz CT molecular complexity index is 419. The molecule has 1 fully saturated rings. The summed E-state index contributed by atoms with van der Waals surface area (Å²) in [5.41, 5.74) is -0.553. The summed E-state index contributed by atoms with van der Waals surface area (Å²) in [4.78, 5) is 26.7. The molecule has 1 heterocycles. The van der Waals surface area contributed by atoms with E-state index in [0.29, 0.717) is 13.1 Å². The van der Waals surface area contributed by atoms with Gasteiger partial charge in [0.25, 0.3) is 11.6 Å². The highest BCUT2D eigenvalue weighted by atomic mass is 32.1. The van der Waals surface area contributed by atoms with E-state index in [4.69, 9.17) is 12.2 Å². The molecule has 1 saturated heterocycles. The van der Waals surface area contributed by atoms with Crippen LogP contribution in [0, 0.1) is 0 Å². The Kier molecular flexibility index (Phi) is 4.33. The number of hydrogen-bond acceptors (Lipinski definition) is 5. The zero-order valence-corrected chi connectivity index (χ0v) is 12.8. The lowest BCUT2D eigenvalue weighted by molar-refractivity contribution is -0.178. The van der Waals surface area contributed by atoms with Crippen molar-refractivity contribution in [3.63, 3.8) is 0 Å². The van der Waals surface area contributed by atoms with Crippen molar-refractivity contribution in [1.29, 1.82) is 0 Å². The maximum Gasteiger partial charge on any atom is 0.302 e. The number of likely N-dealkylation sites (N-methyl/N-ethyl adjacent to an activating group) is 2. The van der Waals surface area contributed by atoms with Gasteiger partial charge in [0.2, 0.25) is 0 Å². The molecule has 1 aliphatic rings. The molecule has 7 heteroatoms. The van der Waals surface area contributed by atoms with Crippen LogP contribution < -0.4 is 5.32 Å². The number of nitrogens with zero attached hydrogens (tertiary/aromatic N) is 2. The predicted octanol–water partition coefficient (Wildman–Crippen LogP) is 0.0586. The summed E-state index contributed by atoms with van der Waals surface area (Å²) in [6.07, 6.45) is 0. The smallest absolute Gasteiger partial charge is 0.302 e. The van der Waals surface area contributed by atoms with Crippen molar-refractivity contribution in [3.05, 3.63) is 0 Å². The van der Waals surface area contributed by atoms with Crippen LogP contribution in [0.2, 0.25) is 0 Å². The number of aliphatic hydroxyl groups is 1. The van der Waals surface area contributed by atoms with Gasteiger partial charge < -0.3 is 10.0 Å². The van der Waals surface area contributed by atoms with Crippen molar-refractivity contribution < 1.29 is 14.7 Å². The van der Waals surface area contributed by atoms with Gasteiger partial charge in [0.05, 0.1) is 0 Å². The molecule has 19 heavy (non-hydrogen) atoms. The second-order valence-electron chi connectivity index (χ2n) is 5.45. The number of rotatable bonds is 3. The van der Waals surface area contributed by atoms with Crippen molar-refractivity contribution in [1.82, 2.24) is 15.1 Å². The average molecular weight is 287 g/mol. The minimum Gasteiger partial charge on any atom is -0.352 e. The molecular formula is C12H21N3O3S. The molecule has 2 N–H and O–H groups in total. The summed E-state index contributed by atoms with van der Waals surface area (Å²) in [6, 6.07) is 0. The monoisotopic (exact) mass is 287 g/mol. The van der Waals surface area contributed by atoms with E-state index in [1.807, 2.05) is 0 Å². The van der Waals surface area contributed by atoms with E-state index in [9.17, 15) is 14.7 Å². The molecule has 0 aromatic rings. The number of ketones is 1. The van der Waals surface area contributed by atoms with Gasteiger partial charge >= 0.3 is 5.91 Å². The third-order valence-electron chi connectivity index (χ3n) is 2.79. The van der Waals surface area contributed by atoms with Gasteiger partial charge in [-0.05, 0) is 46.8 Å². The quantitative estimate of drug-likeness (QED) is 0.434. The molecule has 1 aliphatic heterocycles. The SMILES string of the molecule is CCN1C(=O)C(=O)C(O)(NC(C)(C)C)N(CC)C1=S. The van der Waals surface area contributed by atoms with Crippen LogP contribution in [0.4, 0.5) is 0 Å². The van der Waals surface area contributed by atoms with E-state index in [-0.39, 0.29) is 5.11 Å². The summed E-state index contributed by atoms with van der Waals surface area (Å²) in [5, 5.41) is 13.6. The minimum absolute atomic E-state index is 0.161. The van der Waals surface area contributed by atoms with Gasteiger partial charge in [-0.25, -0.2) is 0 Å². The summed E-state index contributed by atoms with van der Waals surface area (Å²) in [5.74, 6) is -3.76. The maximum atomic E-state index is 12.2. The van der Waals surface area contributed by atoms with Crippen LogP contribution in [-0.4, -0.2) is 56.2 Å². The number of carbonyl (C=O) groups is 2. The Morgan fingerprint density at radius 2 is 1.79 bits per heavy atom. The Labute approximate surface area is 118 Å². The number of Topliss-reactive ketones (excluding diaryl/α,β-unsaturated/α-hetero) is 1. The van der Waals surface area contributed by atoms with E-state index in [0.717, 1.165) is 0 Å². The predicted molar refractivity (Wildman–Crippen MR) is 75.2 cm³/mol. The Hall–Kier alpha value is -1.05. The van der Waals surface area contributed by atoms with E-state index in [1.165, 1.54) is 9.80 Å². The number of thiocarbonyl (C=S) groups is 1. The van der Waals surface area contributed by atoms with Crippen LogP contribution in [0.3, 0.4) is 0 Å². The highest BCUT2D eigenvalue weighted by molar-refractivity contribution is 7.80. The minimum atomic E-state index is -2.08. The summed E-state index contributed by atoms with van der Waals surface area (Å²) in [7, 11) is 0. The number of hydrogen-bond donors (Lipinski definition) is 2. The number of carbonyl (C=O) groups excluding carboxylic acids is 2. The molecule has 1 atom stereocenters. The highest BCUT2D eigenvalue weighted by Gasteiger charge is 2.54. The van der Waals surface area contributed by atoms with Gasteiger partial charge in [-0.3, -0.25) is 19.8 Å². The molecule has 6 nitrogen and oxygen atoms in total. The fraction of sp³-hybridized carbons (Fsp3) is 0.750. The molecule has 0 aliphatic carbocycles. The fourth-order valence-electron chi connectivity index (χ4n) is 2.06. The molecular weight excluding hydrogens is 266 g/mol. The van der Waals surface area contributed by atoms with Crippen molar-refractivity contribution in [2.75, 3.05) is 13.1 Å². The second kappa shape index (κ2) is 5.15. The molecule has 0 radical (unpaired) electrons. The lowest BCUT2D eigenvalue weighted by atomic mass is 10.0. The standard InChI is InChI=1S/C12H21N3O3S/c1-6-14-9(17)8(16)12(18,13-11(3,4)5)15(7-2)10(14)19/h13,18H,6-7H2,1-5H3. The van der Waals surface area contributed by atoms with Crippen LogP contribution in [0.5, 0.6) is 0 Å². The molecule has 1 unspecified atom stereocenters. The van der Waals surface area contributed by atoms with Crippen LogP contribution in [0.15, 0.2) is 0 Å². The second-order valence-corrected chi connectivity index (χ2v) is 5.82. The van der Waals surface area contributed by atoms with Gasteiger partial charge in [-0.15, -0.1) is 0 Å². The first-order valence-corrected chi connectivity index (χ1v) is 6.69. The third-order valence-corrected chi connectivity index (χ3v) is 3.23. The molecule has 1 rings (SSSR count). The molecule has 0 aromatic heterocycles. The van der Waals surface area contributed by atoms with E-state index in [1.54, 1.807) is 34.6 Å². The largest absolute Gasteiger partial charge is 0.352 e. The van der Waals surface area contributed by atoms with Crippen molar-refractivity contribution in [3.8, 4) is 0 Å². The first kappa shape index (κ1) is 16.0. The van der Waals surface area contributed by atoms with E-state index >= 15 is 0 Å². The molecule has 0 bridgehead atoms. The maximum absolute atomic E-state index is 12.2. The lowest BCUT2D eigenvalue weighted by Crippen LogP contribution is -2.77. The van der Waals surface area contributed by atoms with Crippen LogP contribution in [0.1, 0.15) is 34.6 Å². The molecule has 0 saturated carbocycles. The third kappa shape index (κ3) is 2.77. The molecule has 0 aromatic carbocycles. The van der Waals surface area contributed by atoms with Crippen molar-refractivity contribution >= 4 is 29.0 Å². The Morgan fingerprint density at radius 1 is 1.26 bits per heavy atom. The molecule has 108 valence electrons. The Balaban J connectivity index is 3.25. The summed E-state index contributed by atoms with van der Waals surface area (Å²) < 4.78 is 0. The number of amides is 1. The van der Waals surface area contributed by atoms with Gasteiger partial charge in [0.15, 0.2) is 5.11 Å². The van der Waals surface area contributed by atoms with Gasteiger partial charge in [-0.2, -0.15) is 0 Å².